The fourth-order valence-electron chi connectivity index (χ4n) is 5.22. The van der Waals surface area contributed by atoms with E-state index < -0.39 is 5.97 Å². The Hall–Kier alpha value is -3.70. The van der Waals surface area contributed by atoms with E-state index >= 15 is 0 Å². The van der Waals surface area contributed by atoms with Crippen molar-refractivity contribution in [1.29, 1.82) is 0 Å². The summed E-state index contributed by atoms with van der Waals surface area (Å²) in [5, 5.41) is 11.0. The Morgan fingerprint density at radius 2 is 1.66 bits per heavy atom. The predicted octanol–water partition coefficient (Wildman–Crippen LogP) is 7.78. The summed E-state index contributed by atoms with van der Waals surface area (Å²) in [7, 11) is 0. The van der Waals surface area contributed by atoms with Gasteiger partial charge in [0.05, 0.1) is 32.8 Å². The van der Waals surface area contributed by atoms with Gasteiger partial charge in [0.25, 0.3) is 0 Å². The van der Waals surface area contributed by atoms with Crippen LogP contribution in [0.1, 0.15) is 48.5 Å². The molecule has 0 amide bonds. The minimum Gasteiger partial charge on any atom is -0.478 e. The summed E-state index contributed by atoms with van der Waals surface area (Å²) >= 11 is 6.76. The third kappa shape index (κ3) is 3.96. The molecule has 1 aliphatic rings. The SMILES string of the molecule is O=C(O)c1ccc2c(c1)nc(-c1ccc3nc(-c4ccccc4)cc(Cl)c3c1)n2C1CCCCC1. The Labute approximate surface area is 208 Å². The van der Waals surface area contributed by atoms with Crippen molar-refractivity contribution < 1.29 is 9.90 Å². The number of carbonyl (C=O) groups is 1. The first-order chi connectivity index (χ1) is 17.1. The van der Waals surface area contributed by atoms with Crippen molar-refractivity contribution in [1.82, 2.24) is 14.5 Å². The normalized spacial score (nSPS) is 14.5. The Morgan fingerprint density at radius 3 is 2.43 bits per heavy atom. The van der Waals surface area contributed by atoms with Gasteiger partial charge in [-0.15, -0.1) is 0 Å². The molecule has 6 rings (SSSR count). The zero-order chi connectivity index (χ0) is 23.9. The van der Waals surface area contributed by atoms with Crippen molar-refractivity contribution in [3.05, 3.63) is 83.4 Å². The maximum absolute atomic E-state index is 11.6. The highest BCUT2D eigenvalue weighted by Crippen LogP contribution is 2.38. The summed E-state index contributed by atoms with van der Waals surface area (Å²) < 4.78 is 2.31. The van der Waals surface area contributed by atoms with Crippen molar-refractivity contribution >= 4 is 39.5 Å². The van der Waals surface area contributed by atoms with Crippen LogP contribution < -0.4 is 0 Å². The van der Waals surface area contributed by atoms with Crippen molar-refractivity contribution in [2.75, 3.05) is 0 Å². The van der Waals surface area contributed by atoms with Crippen molar-refractivity contribution in [2.24, 2.45) is 0 Å². The molecule has 5 nitrogen and oxygen atoms in total. The summed E-state index contributed by atoms with van der Waals surface area (Å²) in [5.41, 5.74) is 5.56. The lowest BCUT2D eigenvalue weighted by Crippen LogP contribution is -2.14. The average Bonchev–Trinajstić information content (AvgIpc) is 3.28. The zero-order valence-electron chi connectivity index (χ0n) is 19.1. The molecule has 1 saturated carbocycles. The monoisotopic (exact) mass is 481 g/mol. The van der Waals surface area contributed by atoms with E-state index in [4.69, 9.17) is 21.6 Å². The molecule has 0 saturated heterocycles. The van der Waals surface area contributed by atoms with Crippen LogP contribution >= 0.6 is 11.6 Å². The Bertz CT molecular complexity index is 1570. The highest BCUT2D eigenvalue weighted by molar-refractivity contribution is 6.35. The number of hydrogen-bond acceptors (Lipinski definition) is 3. The number of fused-ring (bicyclic) bond motifs is 2. The molecule has 0 bridgehead atoms. The van der Waals surface area contributed by atoms with Crippen molar-refractivity contribution in [3.63, 3.8) is 0 Å². The number of benzene rings is 3. The van der Waals surface area contributed by atoms with Gasteiger partial charge in [-0.3, -0.25) is 0 Å². The number of pyridine rings is 1. The molecule has 0 radical (unpaired) electrons. The Morgan fingerprint density at radius 1 is 0.857 bits per heavy atom. The smallest absolute Gasteiger partial charge is 0.335 e. The standard InChI is InChI=1S/C29H24ClN3O2/c30-23-17-25(18-7-3-1-4-8-18)31-24-13-11-19(15-22(23)24)28-32-26-16-20(29(34)35)12-14-27(26)33(28)21-9-5-2-6-10-21/h1,3-4,7-8,11-17,21H,2,5-6,9-10H2,(H,34,35). The van der Waals surface area contributed by atoms with Gasteiger partial charge in [0.1, 0.15) is 5.82 Å². The maximum atomic E-state index is 11.6. The molecule has 0 aliphatic heterocycles. The summed E-state index contributed by atoms with van der Waals surface area (Å²) in [6.45, 7) is 0. The van der Waals surface area contributed by atoms with Gasteiger partial charge in [-0.25, -0.2) is 14.8 Å². The van der Waals surface area contributed by atoms with Crippen LogP contribution in [0, 0.1) is 0 Å². The molecule has 6 heteroatoms. The van der Waals surface area contributed by atoms with E-state index in [1.54, 1.807) is 12.1 Å². The van der Waals surface area contributed by atoms with E-state index in [1.807, 2.05) is 54.6 Å². The van der Waals surface area contributed by atoms with Crippen molar-refractivity contribution in [3.8, 4) is 22.6 Å². The summed E-state index contributed by atoms with van der Waals surface area (Å²) in [6.07, 6.45) is 5.81. The van der Waals surface area contributed by atoms with Gasteiger partial charge in [0.2, 0.25) is 0 Å². The number of aromatic nitrogens is 3. The van der Waals surface area contributed by atoms with Crippen LogP contribution in [-0.2, 0) is 0 Å². The maximum Gasteiger partial charge on any atom is 0.335 e. The number of aromatic carboxylic acids is 1. The van der Waals surface area contributed by atoms with Crippen LogP contribution in [0.15, 0.2) is 72.8 Å². The van der Waals surface area contributed by atoms with Crippen LogP contribution in [0.5, 0.6) is 0 Å². The highest BCUT2D eigenvalue weighted by atomic mass is 35.5. The summed E-state index contributed by atoms with van der Waals surface area (Å²) in [5.74, 6) is -0.0991. The molecule has 1 N–H and O–H groups in total. The second kappa shape index (κ2) is 8.82. The first kappa shape index (κ1) is 21.8. The molecule has 0 spiro atoms. The Balaban J connectivity index is 1.52. The third-order valence-electron chi connectivity index (χ3n) is 6.96. The van der Waals surface area contributed by atoms with Gasteiger partial charge in [0, 0.05) is 22.6 Å². The van der Waals surface area contributed by atoms with Gasteiger partial charge in [-0.2, -0.15) is 0 Å². The van der Waals surface area contributed by atoms with Gasteiger partial charge < -0.3 is 9.67 Å². The van der Waals surface area contributed by atoms with Crippen LogP contribution in [0.25, 0.3) is 44.6 Å². The lowest BCUT2D eigenvalue weighted by Gasteiger charge is -2.25. The molecule has 174 valence electrons. The first-order valence-corrected chi connectivity index (χ1v) is 12.4. The van der Waals surface area contributed by atoms with Crippen molar-refractivity contribution in [2.45, 2.75) is 38.1 Å². The number of halogens is 1. The predicted molar refractivity (Wildman–Crippen MR) is 140 cm³/mol. The molecule has 5 aromatic rings. The van der Waals surface area contributed by atoms with E-state index in [0.29, 0.717) is 16.6 Å². The fourth-order valence-corrected chi connectivity index (χ4v) is 5.48. The van der Waals surface area contributed by atoms with E-state index in [0.717, 1.165) is 51.9 Å². The van der Waals surface area contributed by atoms with Crippen LogP contribution in [0.3, 0.4) is 0 Å². The molecule has 35 heavy (non-hydrogen) atoms. The largest absolute Gasteiger partial charge is 0.478 e. The lowest BCUT2D eigenvalue weighted by atomic mass is 9.94. The Kier molecular flexibility index (Phi) is 5.50. The lowest BCUT2D eigenvalue weighted by molar-refractivity contribution is 0.0697. The molecule has 1 aliphatic carbocycles. The van der Waals surface area contributed by atoms with Crippen LogP contribution in [-0.4, -0.2) is 25.6 Å². The van der Waals surface area contributed by atoms with E-state index in [-0.39, 0.29) is 5.56 Å². The topological polar surface area (TPSA) is 68.0 Å². The molecular weight excluding hydrogens is 458 g/mol. The number of rotatable bonds is 4. The minimum atomic E-state index is -0.946. The summed E-state index contributed by atoms with van der Waals surface area (Å²) in [6, 6.07) is 23.6. The van der Waals surface area contributed by atoms with Crippen LogP contribution in [0.4, 0.5) is 0 Å². The molecule has 2 aromatic heterocycles. The zero-order valence-corrected chi connectivity index (χ0v) is 19.9. The first-order valence-electron chi connectivity index (χ1n) is 12.0. The number of hydrogen-bond donors (Lipinski definition) is 1. The minimum absolute atomic E-state index is 0.247. The molecule has 3 aromatic carbocycles. The summed E-state index contributed by atoms with van der Waals surface area (Å²) in [4.78, 5) is 21.4. The molecule has 1 fully saturated rings. The van der Waals surface area contributed by atoms with E-state index in [1.165, 1.54) is 19.3 Å². The molecule has 2 heterocycles. The van der Waals surface area contributed by atoms with Gasteiger partial charge in [-0.05, 0) is 55.3 Å². The number of nitrogens with zero attached hydrogens (tertiary/aromatic N) is 3. The molecule has 0 atom stereocenters. The van der Waals surface area contributed by atoms with Crippen LogP contribution in [0.2, 0.25) is 5.02 Å². The highest BCUT2D eigenvalue weighted by Gasteiger charge is 2.23. The van der Waals surface area contributed by atoms with Gasteiger partial charge >= 0.3 is 5.97 Å². The second-order valence-electron chi connectivity index (χ2n) is 9.19. The molecule has 0 unspecified atom stereocenters. The van der Waals surface area contributed by atoms with Gasteiger partial charge in [0.15, 0.2) is 0 Å². The number of imidazole rings is 1. The fraction of sp³-hybridized carbons (Fsp3) is 0.207. The van der Waals surface area contributed by atoms with E-state index in [2.05, 4.69) is 10.6 Å². The second-order valence-corrected chi connectivity index (χ2v) is 9.60. The third-order valence-corrected chi connectivity index (χ3v) is 7.27. The molecular formula is C29H24ClN3O2. The van der Waals surface area contributed by atoms with Gasteiger partial charge in [-0.1, -0.05) is 61.2 Å². The average molecular weight is 482 g/mol. The number of carboxylic acids is 1. The number of carboxylic acid groups (broad SMARTS) is 1. The van der Waals surface area contributed by atoms with E-state index in [9.17, 15) is 9.90 Å². The quantitative estimate of drug-likeness (QED) is 0.284.